The van der Waals surface area contributed by atoms with Crippen molar-refractivity contribution in [2.24, 2.45) is 0 Å². The van der Waals surface area contributed by atoms with Crippen molar-refractivity contribution >= 4 is 44.9 Å². The van der Waals surface area contributed by atoms with E-state index in [0.29, 0.717) is 0 Å². The number of benzene rings is 13. The average molecular weight is 1040 g/mol. The van der Waals surface area contributed by atoms with Gasteiger partial charge in [-0.2, -0.15) is 0 Å². The SMILES string of the molecule is CC1(C)c2ccccc2-c2ccc(N(c3ccc(-c4cc(-c5ccccc5)c(-c5ccc(N(c6ccccc6)c6ccc(-c7ccccc7)cc6)cc5)cc4-c4ccccc4)cc3)c3cc4ccccc4cc3-c3ccccc3)cc21. The summed E-state index contributed by atoms with van der Waals surface area (Å²) in [5.74, 6) is 0. The number of hydrogen-bond donors (Lipinski definition) is 0. The average Bonchev–Trinajstić information content (AvgIpc) is 4.07. The molecule has 0 saturated carbocycles. The summed E-state index contributed by atoms with van der Waals surface area (Å²) in [5, 5.41) is 2.41. The highest BCUT2D eigenvalue weighted by Crippen LogP contribution is 2.52. The fourth-order valence-corrected chi connectivity index (χ4v) is 12.3. The summed E-state index contributed by atoms with van der Waals surface area (Å²) in [6.45, 7) is 4.74. The van der Waals surface area contributed by atoms with Crippen LogP contribution in [0.3, 0.4) is 0 Å². The van der Waals surface area contributed by atoms with Crippen LogP contribution in [0.25, 0.3) is 88.7 Å². The van der Waals surface area contributed by atoms with Crippen LogP contribution in [-0.2, 0) is 5.41 Å². The zero-order valence-corrected chi connectivity index (χ0v) is 45.4. The Kier molecular flexibility index (Phi) is 12.6. The quantitative estimate of drug-likeness (QED) is 0.120. The van der Waals surface area contributed by atoms with Gasteiger partial charge in [0.05, 0.1) is 5.69 Å². The second kappa shape index (κ2) is 20.8. The van der Waals surface area contributed by atoms with Gasteiger partial charge in [0.15, 0.2) is 0 Å². The Hall–Kier alpha value is -10.3. The second-order valence-corrected chi connectivity index (χ2v) is 21.7. The Bertz CT molecular complexity index is 4360. The first kappa shape index (κ1) is 49.0. The van der Waals surface area contributed by atoms with Crippen LogP contribution in [0.4, 0.5) is 34.1 Å². The molecule has 0 heterocycles. The summed E-state index contributed by atoms with van der Waals surface area (Å²) >= 11 is 0. The van der Waals surface area contributed by atoms with Gasteiger partial charge in [0.2, 0.25) is 0 Å². The van der Waals surface area contributed by atoms with E-state index >= 15 is 0 Å². The maximum Gasteiger partial charge on any atom is 0.0546 e. The van der Waals surface area contributed by atoms with Gasteiger partial charge in [0.1, 0.15) is 0 Å². The maximum absolute atomic E-state index is 2.48. The van der Waals surface area contributed by atoms with E-state index in [9.17, 15) is 0 Å². The van der Waals surface area contributed by atoms with Crippen molar-refractivity contribution in [3.63, 3.8) is 0 Å². The van der Waals surface area contributed by atoms with Crippen molar-refractivity contribution in [1.82, 2.24) is 0 Å². The molecule has 0 aliphatic heterocycles. The summed E-state index contributed by atoms with van der Waals surface area (Å²) in [6, 6.07) is 115. The zero-order valence-electron chi connectivity index (χ0n) is 45.4. The number of para-hydroxylation sites is 1. The predicted molar refractivity (Wildman–Crippen MR) is 343 cm³/mol. The highest BCUT2D eigenvalue weighted by atomic mass is 15.1. The van der Waals surface area contributed by atoms with Crippen molar-refractivity contribution in [1.29, 1.82) is 0 Å². The number of hydrogen-bond acceptors (Lipinski definition) is 2. The Morgan fingerprint density at radius 1 is 0.210 bits per heavy atom. The number of nitrogens with zero attached hydrogens (tertiary/aromatic N) is 2. The lowest BCUT2D eigenvalue weighted by atomic mass is 9.82. The van der Waals surface area contributed by atoms with Gasteiger partial charge in [-0.3, -0.25) is 0 Å². The van der Waals surface area contributed by atoms with Crippen LogP contribution >= 0.6 is 0 Å². The van der Waals surface area contributed by atoms with Crippen LogP contribution in [0.1, 0.15) is 25.0 Å². The van der Waals surface area contributed by atoms with Crippen molar-refractivity contribution in [2.75, 3.05) is 9.80 Å². The van der Waals surface area contributed by atoms with Gasteiger partial charge in [-0.25, -0.2) is 0 Å². The molecule has 0 amide bonds. The highest BCUT2D eigenvalue weighted by Gasteiger charge is 2.36. The largest absolute Gasteiger partial charge is 0.311 e. The number of rotatable bonds is 12. The fraction of sp³-hybridized carbons (Fsp3) is 0.0380. The van der Waals surface area contributed by atoms with Crippen LogP contribution < -0.4 is 9.80 Å². The van der Waals surface area contributed by atoms with Gasteiger partial charge < -0.3 is 9.80 Å². The molecular formula is C79H58N2. The minimum absolute atomic E-state index is 0.167. The highest BCUT2D eigenvalue weighted by molar-refractivity contribution is 6.00. The van der Waals surface area contributed by atoms with E-state index in [4.69, 9.17) is 0 Å². The molecule has 384 valence electrons. The number of fused-ring (bicyclic) bond motifs is 4. The molecule has 13 aromatic carbocycles. The van der Waals surface area contributed by atoms with E-state index in [2.05, 4.69) is 339 Å². The minimum Gasteiger partial charge on any atom is -0.311 e. The molecule has 1 aliphatic carbocycles. The smallest absolute Gasteiger partial charge is 0.0546 e. The molecule has 0 aromatic heterocycles. The van der Waals surface area contributed by atoms with Gasteiger partial charge in [0.25, 0.3) is 0 Å². The van der Waals surface area contributed by atoms with Gasteiger partial charge in [-0.1, -0.05) is 244 Å². The molecule has 0 N–H and O–H groups in total. The van der Waals surface area contributed by atoms with Gasteiger partial charge in [0, 0.05) is 39.4 Å². The van der Waals surface area contributed by atoms with E-state index in [0.717, 1.165) is 56.4 Å². The van der Waals surface area contributed by atoms with Gasteiger partial charge in [-0.05, 0) is 179 Å². The van der Waals surface area contributed by atoms with Crippen molar-refractivity contribution in [3.05, 3.63) is 327 Å². The normalized spacial score (nSPS) is 12.2. The first-order chi connectivity index (χ1) is 39.9. The first-order valence-electron chi connectivity index (χ1n) is 28.1. The molecule has 1 aliphatic rings. The molecular weight excluding hydrogens is 977 g/mol. The Morgan fingerprint density at radius 3 is 1.07 bits per heavy atom. The summed E-state index contributed by atoms with van der Waals surface area (Å²) in [5.41, 5.74) is 25.8. The predicted octanol–water partition coefficient (Wildman–Crippen LogP) is 22.1. The molecule has 0 atom stereocenters. The zero-order chi connectivity index (χ0) is 54.3. The fourth-order valence-electron chi connectivity index (χ4n) is 12.3. The van der Waals surface area contributed by atoms with Crippen LogP contribution in [0, 0.1) is 0 Å². The molecule has 14 rings (SSSR count). The summed E-state index contributed by atoms with van der Waals surface area (Å²) in [4.78, 5) is 4.82. The topological polar surface area (TPSA) is 6.48 Å². The first-order valence-corrected chi connectivity index (χ1v) is 28.1. The van der Waals surface area contributed by atoms with Crippen LogP contribution in [0.15, 0.2) is 315 Å². The maximum atomic E-state index is 2.48. The van der Waals surface area contributed by atoms with Gasteiger partial charge in [-0.15, -0.1) is 0 Å². The molecule has 2 heteroatoms. The minimum atomic E-state index is -0.167. The van der Waals surface area contributed by atoms with Crippen LogP contribution in [-0.4, -0.2) is 0 Å². The van der Waals surface area contributed by atoms with Crippen LogP contribution in [0.2, 0.25) is 0 Å². The van der Waals surface area contributed by atoms with E-state index in [1.165, 1.54) is 77.5 Å². The van der Waals surface area contributed by atoms with E-state index in [-0.39, 0.29) is 5.41 Å². The lowest BCUT2D eigenvalue weighted by Gasteiger charge is -2.30. The standard InChI is InChI=1S/C79H58N2/c1-79(2)76-35-21-20-34-69(76)70-49-48-68(52-77(70)79)81(78-51-63-31-19-18-30-62(63)50-75(78)59-28-14-6-15-29-59)67-46-40-61(41-47-67)74-54-71(57-24-10-4-11-25-57)73(53-72(74)58-26-12-5-13-27-58)60-38-44-66(45-39-60)80(64-32-16-7-17-33-64)65-42-36-56(37-43-65)55-22-8-3-9-23-55/h3-54H,1-2H3. The van der Waals surface area contributed by atoms with Crippen molar-refractivity contribution in [2.45, 2.75) is 19.3 Å². The molecule has 0 radical (unpaired) electrons. The molecule has 0 spiro atoms. The molecule has 0 saturated heterocycles. The lowest BCUT2D eigenvalue weighted by molar-refractivity contribution is 0.660. The molecule has 0 bridgehead atoms. The summed E-state index contributed by atoms with van der Waals surface area (Å²) in [7, 11) is 0. The molecule has 0 fully saturated rings. The third kappa shape index (κ3) is 9.17. The summed E-state index contributed by atoms with van der Waals surface area (Å²) < 4.78 is 0. The van der Waals surface area contributed by atoms with E-state index < -0.39 is 0 Å². The molecule has 13 aromatic rings. The van der Waals surface area contributed by atoms with Crippen LogP contribution in [0.5, 0.6) is 0 Å². The lowest BCUT2D eigenvalue weighted by Crippen LogP contribution is -2.17. The third-order valence-corrected chi connectivity index (χ3v) is 16.5. The Morgan fingerprint density at radius 2 is 0.556 bits per heavy atom. The van der Waals surface area contributed by atoms with E-state index in [1.807, 2.05) is 0 Å². The van der Waals surface area contributed by atoms with E-state index in [1.54, 1.807) is 0 Å². The third-order valence-electron chi connectivity index (χ3n) is 16.5. The molecule has 0 unspecified atom stereocenters. The van der Waals surface area contributed by atoms with Gasteiger partial charge >= 0.3 is 0 Å². The summed E-state index contributed by atoms with van der Waals surface area (Å²) in [6.07, 6.45) is 0. The molecule has 2 nitrogen and oxygen atoms in total. The Labute approximate surface area is 475 Å². The van der Waals surface area contributed by atoms with Crippen molar-refractivity contribution < 1.29 is 0 Å². The number of anilines is 6. The monoisotopic (exact) mass is 1030 g/mol. The second-order valence-electron chi connectivity index (χ2n) is 21.7. The van der Waals surface area contributed by atoms with Crippen molar-refractivity contribution in [3.8, 4) is 77.9 Å². The Balaban J connectivity index is 0.905. The molecule has 81 heavy (non-hydrogen) atoms.